The Hall–Kier alpha value is -2.55. The Labute approximate surface area is 175 Å². The van der Waals surface area contributed by atoms with Crippen molar-refractivity contribution >= 4 is 29.2 Å². The summed E-state index contributed by atoms with van der Waals surface area (Å²) in [5.74, 6) is -1.24. The fourth-order valence-corrected chi connectivity index (χ4v) is 4.81. The van der Waals surface area contributed by atoms with Crippen LogP contribution in [0.4, 0.5) is 4.39 Å². The average Bonchev–Trinajstić information content (AvgIpc) is 3.15. The molecule has 0 atom stereocenters. The van der Waals surface area contributed by atoms with Crippen LogP contribution in [0.25, 0.3) is 11.3 Å². The van der Waals surface area contributed by atoms with E-state index in [0.29, 0.717) is 31.5 Å². The summed E-state index contributed by atoms with van der Waals surface area (Å²) in [5, 5.41) is 22.8. The fourth-order valence-electron chi connectivity index (χ4n) is 3.39. The van der Waals surface area contributed by atoms with Crippen molar-refractivity contribution in [2.24, 2.45) is 0 Å². The van der Waals surface area contributed by atoms with Crippen LogP contribution in [-0.4, -0.2) is 45.6 Å². The van der Waals surface area contributed by atoms with Crippen LogP contribution in [0.5, 0.6) is 5.75 Å². The van der Waals surface area contributed by atoms with Gasteiger partial charge in [-0.2, -0.15) is 0 Å². The first-order valence-electron chi connectivity index (χ1n) is 8.74. The molecular formula is C19H14FN4O3Tl. The summed E-state index contributed by atoms with van der Waals surface area (Å²) in [6.07, 6.45) is 3.65. The maximum atomic E-state index is 13.5. The number of rotatable bonds is 3. The first-order chi connectivity index (χ1) is 13.5. The third-order valence-electron chi connectivity index (χ3n) is 4.82. The molecule has 1 N–H and O–H groups in total. The molecule has 0 unspecified atom stereocenters. The number of halogens is 1. The van der Waals surface area contributed by atoms with E-state index in [1.165, 1.54) is 0 Å². The van der Waals surface area contributed by atoms with Crippen LogP contribution in [0.3, 0.4) is 0 Å². The van der Waals surface area contributed by atoms with Gasteiger partial charge in [0.25, 0.3) is 0 Å². The average molecular weight is 570 g/mol. The predicted octanol–water partition coefficient (Wildman–Crippen LogP) is 1.34. The van der Waals surface area contributed by atoms with Crippen molar-refractivity contribution in [3.05, 3.63) is 56.9 Å². The van der Waals surface area contributed by atoms with Gasteiger partial charge in [0.2, 0.25) is 0 Å². The molecule has 0 saturated carbocycles. The zero-order chi connectivity index (χ0) is 19.8. The number of benzene rings is 1. The third kappa shape index (κ3) is 3.34. The molecule has 0 fully saturated rings. The van der Waals surface area contributed by atoms with Gasteiger partial charge in [0, 0.05) is 0 Å². The number of aromatic hydroxyl groups is 1. The molecule has 0 spiro atoms. The van der Waals surface area contributed by atoms with E-state index >= 15 is 0 Å². The number of aromatic nitrogens is 3. The van der Waals surface area contributed by atoms with E-state index in [-0.39, 0.29) is 29.0 Å². The molecule has 0 saturated heterocycles. The Morgan fingerprint density at radius 2 is 2.11 bits per heavy atom. The molecule has 2 heterocycles. The van der Waals surface area contributed by atoms with E-state index in [1.807, 2.05) is 6.07 Å². The molecule has 138 valence electrons. The number of phenolic OH excluding ortho intramolecular Hbond substituents is 1. The summed E-state index contributed by atoms with van der Waals surface area (Å²) in [4.78, 5) is 17.5. The minimum atomic E-state index is -0.881. The van der Waals surface area contributed by atoms with Crippen molar-refractivity contribution in [2.75, 3.05) is 0 Å². The zero-order valence-corrected chi connectivity index (χ0v) is 19.3. The SMILES string of the molecule is N#Cc1cc(F)c(O)cc1-c1cc(Cn2[c]([Tl])nc3c(c2=O)CCCC3)no1. The van der Waals surface area contributed by atoms with Gasteiger partial charge in [-0.3, -0.25) is 0 Å². The molecule has 0 amide bonds. The molecule has 1 aliphatic carbocycles. The van der Waals surface area contributed by atoms with Crippen LogP contribution >= 0.6 is 0 Å². The summed E-state index contributed by atoms with van der Waals surface area (Å²) in [5.41, 5.74) is 2.44. The van der Waals surface area contributed by atoms with E-state index in [1.54, 1.807) is 10.6 Å². The number of hydrogen-bond acceptors (Lipinski definition) is 6. The molecule has 0 radical (unpaired) electrons. The Bertz CT molecular complexity index is 1180. The molecular weight excluding hydrogens is 556 g/mol. The number of hydrogen-bond donors (Lipinski definition) is 1. The predicted molar refractivity (Wildman–Crippen MR) is 97.9 cm³/mol. The Morgan fingerprint density at radius 3 is 2.89 bits per heavy atom. The Kier molecular flexibility index (Phi) is 5.01. The number of nitriles is 1. The van der Waals surface area contributed by atoms with Gasteiger partial charge >= 0.3 is 175 Å². The molecule has 28 heavy (non-hydrogen) atoms. The van der Waals surface area contributed by atoms with Crippen molar-refractivity contribution in [1.29, 1.82) is 5.26 Å². The molecule has 1 aliphatic rings. The second-order valence-electron chi connectivity index (χ2n) is 6.64. The Morgan fingerprint density at radius 1 is 1.32 bits per heavy atom. The molecule has 4 rings (SSSR count). The van der Waals surface area contributed by atoms with Gasteiger partial charge in [-0.25, -0.2) is 0 Å². The fraction of sp³-hybridized carbons (Fsp3) is 0.263. The molecule has 9 heteroatoms. The van der Waals surface area contributed by atoms with Crippen LogP contribution in [0.15, 0.2) is 27.5 Å². The monoisotopic (exact) mass is 570 g/mol. The van der Waals surface area contributed by atoms with E-state index in [2.05, 4.69) is 10.1 Å². The summed E-state index contributed by atoms with van der Waals surface area (Å²) in [6.45, 7) is 0.212. The van der Waals surface area contributed by atoms with Crippen molar-refractivity contribution < 1.29 is 14.0 Å². The van der Waals surface area contributed by atoms with E-state index < -0.39 is 11.6 Å². The van der Waals surface area contributed by atoms with Crippen molar-refractivity contribution in [3.8, 4) is 23.1 Å². The van der Waals surface area contributed by atoms with Gasteiger partial charge in [-0.05, 0) is 0 Å². The summed E-state index contributed by atoms with van der Waals surface area (Å²) < 4.78 is 21.2. The standard InChI is InChI=1S/C19H14FN4O3.Tl/c20-15-5-11(8-21)14(7-17(15)25)18-6-12(23-27-18)9-24-10-22-16-4-2-1-3-13(16)19(24)26;/h5-7,25H,1-4,9H2;. The van der Waals surface area contributed by atoms with Gasteiger partial charge in [-0.1, -0.05) is 0 Å². The number of aryl methyl sites for hydroxylation is 1. The first kappa shape index (κ1) is 18.8. The Balaban J connectivity index is 1.70. The van der Waals surface area contributed by atoms with E-state index in [0.717, 1.165) is 52.5 Å². The quantitative estimate of drug-likeness (QED) is 0.478. The van der Waals surface area contributed by atoms with E-state index in [9.17, 15) is 19.6 Å². The molecule has 0 aliphatic heterocycles. The van der Waals surface area contributed by atoms with Crippen LogP contribution in [0.1, 0.15) is 35.4 Å². The second-order valence-corrected chi connectivity index (χ2v) is 8.64. The summed E-state index contributed by atoms with van der Waals surface area (Å²) in [7, 11) is 0. The van der Waals surface area contributed by atoms with Crippen molar-refractivity contribution in [1.82, 2.24) is 14.7 Å². The van der Waals surface area contributed by atoms with Crippen molar-refractivity contribution in [3.63, 3.8) is 0 Å². The third-order valence-corrected chi connectivity index (χ3v) is 6.53. The number of phenols is 1. The normalized spacial score (nSPS) is 13.1. The van der Waals surface area contributed by atoms with Gasteiger partial charge < -0.3 is 0 Å². The van der Waals surface area contributed by atoms with Gasteiger partial charge in [-0.15, -0.1) is 0 Å². The molecule has 7 nitrogen and oxygen atoms in total. The van der Waals surface area contributed by atoms with Gasteiger partial charge in [0.05, 0.1) is 0 Å². The maximum absolute atomic E-state index is 13.5. The number of nitrogens with zero attached hydrogens (tertiary/aromatic N) is 4. The molecule has 2 aromatic heterocycles. The number of fused-ring (bicyclic) bond motifs is 1. The van der Waals surface area contributed by atoms with Gasteiger partial charge in [0.1, 0.15) is 0 Å². The van der Waals surface area contributed by atoms with Gasteiger partial charge in [0.15, 0.2) is 0 Å². The van der Waals surface area contributed by atoms with Crippen LogP contribution < -0.4 is 8.94 Å². The molecule has 0 bridgehead atoms. The summed E-state index contributed by atoms with van der Waals surface area (Å²) >= 11 is 0.385. The van der Waals surface area contributed by atoms with Crippen molar-refractivity contribution in [2.45, 2.75) is 32.2 Å². The first-order valence-corrected chi connectivity index (χ1v) is 11.0. The van der Waals surface area contributed by atoms with Crippen LogP contribution in [0, 0.1) is 17.1 Å². The molecule has 1 aromatic carbocycles. The van der Waals surface area contributed by atoms with Crippen LogP contribution in [0.2, 0.25) is 0 Å². The zero-order valence-electron chi connectivity index (χ0n) is 14.8. The molecule has 3 aromatic rings. The second kappa shape index (κ2) is 7.46. The topological polar surface area (TPSA) is 105 Å². The minimum absolute atomic E-state index is 0.0238. The summed E-state index contributed by atoms with van der Waals surface area (Å²) in [6, 6.07) is 5.54. The van der Waals surface area contributed by atoms with Crippen LogP contribution in [-0.2, 0) is 19.4 Å². The van der Waals surface area contributed by atoms with E-state index in [4.69, 9.17) is 4.52 Å².